The summed E-state index contributed by atoms with van der Waals surface area (Å²) in [4.78, 5) is 0. The van der Waals surface area contributed by atoms with Crippen molar-refractivity contribution in [1.29, 1.82) is 5.26 Å². The molecule has 0 atom stereocenters. The molecule has 1 saturated heterocycles. The summed E-state index contributed by atoms with van der Waals surface area (Å²) in [7, 11) is 0. The van der Waals surface area contributed by atoms with Gasteiger partial charge < -0.3 is 9.30 Å². The molecule has 1 fully saturated rings. The van der Waals surface area contributed by atoms with E-state index in [1.807, 2.05) is 6.07 Å². The first-order chi connectivity index (χ1) is 8.52. The topological polar surface area (TPSA) is 38.0 Å². The highest BCUT2D eigenvalue weighted by Crippen LogP contribution is 2.27. The maximum Gasteiger partial charge on any atom is 0.120 e. The lowest BCUT2D eigenvalue weighted by Crippen LogP contribution is -2.25. The van der Waals surface area contributed by atoms with Crippen molar-refractivity contribution in [3.63, 3.8) is 0 Å². The number of nitriles is 1. The number of hydrogen-bond donors (Lipinski definition) is 0. The third-order valence-electron chi connectivity index (χ3n) is 3.65. The zero-order valence-electron chi connectivity index (χ0n) is 11.6. The van der Waals surface area contributed by atoms with Crippen molar-refractivity contribution in [2.45, 2.75) is 45.6 Å². The van der Waals surface area contributed by atoms with Crippen molar-refractivity contribution in [3.8, 4) is 6.07 Å². The van der Waals surface area contributed by atoms with Crippen molar-refractivity contribution in [3.05, 3.63) is 23.5 Å². The first kappa shape index (κ1) is 13.2. The molecule has 0 bridgehead atoms. The minimum atomic E-state index is 0.0836. The van der Waals surface area contributed by atoms with E-state index in [0.29, 0.717) is 5.92 Å². The van der Waals surface area contributed by atoms with E-state index < -0.39 is 0 Å². The maximum absolute atomic E-state index is 9.23. The Labute approximate surface area is 109 Å². The van der Waals surface area contributed by atoms with Gasteiger partial charge in [0.25, 0.3) is 0 Å². The minimum Gasteiger partial charge on any atom is -0.381 e. The third kappa shape index (κ3) is 2.76. The lowest BCUT2D eigenvalue weighted by atomic mass is 9.91. The highest BCUT2D eigenvalue weighted by Gasteiger charge is 2.23. The second-order valence-corrected chi connectivity index (χ2v) is 6.13. The van der Waals surface area contributed by atoms with Crippen LogP contribution < -0.4 is 0 Å². The average Bonchev–Trinajstić information content (AvgIpc) is 2.73. The molecule has 0 saturated carbocycles. The number of nitrogens with zero attached hydrogens (tertiary/aromatic N) is 2. The smallest absolute Gasteiger partial charge is 0.120 e. The van der Waals surface area contributed by atoms with E-state index in [1.54, 1.807) is 0 Å². The third-order valence-corrected chi connectivity index (χ3v) is 3.65. The van der Waals surface area contributed by atoms with E-state index in [-0.39, 0.29) is 5.41 Å². The molecule has 1 aliphatic heterocycles. The minimum absolute atomic E-state index is 0.0836. The van der Waals surface area contributed by atoms with Gasteiger partial charge >= 0.3 is 0 Å². The maximum atomic E-state index is 9.23. The zero-order valence-corrected chi connectivity index (χ0v) is 11.6. The molecule has 3 heteroatoms. The molecular weight excluding hydrogens is 224 g/mol. The molecular formula is C15H22N2O. The molecule has 1 aromatic rings. The van der Waals surface area contributed by atoms with Crippen LogP contribution in [0, 0.1) is 17.2 Å². The van der Waals surface area contributed by atoms with Crippen LogP contribution in [0.3, 0.4) is 0 Å². The molecule has 1 aliphatic rings. The van der Waals surface area contributed by atoms with Crippen LogP contribution in [-0.2, 0) is 16.7 Å². The summed E-state index contributed by atoms with van der Waals surface area (Å²) in [5, 5.41) is 9.23. The fraction of sp³-hybridized carbons (Fsp3) is 0.667. The molecule has 98 valence electrons. The Balaban J connectivity index is 2.24. The van der Waals surface area contributed by atoms with Gasteiger partial charge in [0, 0.05) is 30.9 Å². The quantitative estimate of drug-likeness (QED) is 0.804. The van der Waals surface area contributed by atoms with Gasteiger partial charge in [-0.3, -0.25) is 0 Å². The molecule has 0 aliphatic carbocycles. The second kappa shape index (κ2) is 5.16. The van der Waals surface area contributed by atoms with E-state index in [4.69, 9.17) is 4.74 Å². The SMILES string of the molecule is CC(C)(C)c1ccc(C#N)n1CC1CCOCC1. The van der Waals surface area contributed by atoms with Crippen LogP contribution in [0.4, 0.5) is 0 Å². The Bertz CT molecular complexity index is 442. The molecule has 0 spiro atoms. The number of hydrogen-bond acceptors (Lipinski definition) is 2. The number of ether oxygens (including phenoxy) is 1. The molecule has 2 heterocycles. The number of rotatable bonds is 2. The van der Waals surface area contributed by atoms with Gasteiger partial charge in [0.2, 0.25) is 0 Å². The summed E-state index contributed by atoms with van der Waals surface area (Å²) in [5.74, 6) is 0.638. The summed E-state index contributed by atoms with van der Waals surface area (Å²) in [5.41, 5.74) is 2.12. The first-order valence-electron chi connectivity index (χ1n) is 6.70. The highest BCUT2D eigenvalue weighted by atomic mass is 16.5. The molecule has 2 rings (SSSR count). The number of aromatic nitrogens is 1. The summed E-state index contributed by atoms with van der Waals surface area (Å²) < 4.78 is 7.60. The Morgan fingerprint density at radius 1 is 1.33 bits per heavy atom. The summed E-state index contributed by atoms with van der Waals surface area (Å²) in [6.45, 7) is 9.26. The molecule has 3 nitrogen and oxygen atoms in total. The fourth-order valence-electron chi connectivity index (χ4n) is 2.60. The van der Waals surface area contributed by atoms with E-state index in [1.165, 1.54) is 5.69 Å². The summed E-state index contributed by atoms with van der Waals surface area (Å²) in [6, 6.07) is 6.35. The highest BCUT2D eigenvalue weighted by molar-refractivity contribution is 5.30. The van der Waals surface area contributed by atoms with Crippen LogP contribution in [0.15, 0.2) is 12.1 Å². The van der Waals surface area contributed by atoms with Crippen LogP contribution in [0.2, 0.25) is 0 Å². The van der Waals surface area contributed by atoms with Gasteiger partial charge in [-0.05, 0) is 30.9 Å². The van der Waals surface area contributed by atoms with Crippen LogP contribution in [0.25, 0.3) is 0 Å². The van der Waals surface area contributed by atoms with Crippen LogP contribution in [0.1, 0.15) is 45.0 Å². The fourth-order valence-corrected chi connectivity index (χ4v) is 2.60. The van der Waals surface area contributed by atoms with E-state index in [2.05, 4.69) is 37.5 Å². The summed E-state index contributed by atoms with van der Waals surface area (Å²) in [6.07, 6.45) is 2.21. The molecule has 0 radical (unpaired) electrons. The van der Waals surface area contributed by atoms with Crippen molar-refractivity contribution in [1.82, 2.24) is 4.57 Å². The van der Waals surface area contributed by atoms with E-state index >= 15 is 0 Å². The Kier molecular flexibility index (Phi) is 3.77. The van der Waals surface area contributed by atoms with Gasteiger partial charge in [-0.1, -0.05) is 20.8 Å². The van der Waals surface area contributed by atoms with Gasteiger partial charge in [-0.15, -0.1) is 0 Å². The first-order valence-corrected chi connectivity index (χ1v) is 6.70. The molecule has 0 N–H and O–H groups in total. The Morgan fingerprint density at radius 3 is 2.56 bits per heavy atom. The summed E-state index contributed by atoms with van der Waals surface area (Å²) >= 11 is 0. The second-order valence-electron chi connectivity index (χ2n) is 6.13. The van der Waals surface area contributed by atoms with E-state index in [9.17, 15) is 5.26 Å². The van der Waals surface area contributed by atoms with Crippen molar-refractivity contribution in [2.24, 2.45) is 5.92 Å². The van der Waals surface area contributed by atoms with Crippen LogP contribution in [-0.4, -0.2) is 17.8 Å². The Hall–Kier alpha value is -1.27. The molecule has 18 heavy (non-hydrogen) atoms. The van der Waals surface area contributed by atoms with Gasteiger partial charge in [0.15, 0.2) is 0 Å². The van der Waals surface area contributed by atoms with Gasteiger partial charge in [-0.25, -0.2) is 0 Å². The average molecular weight is 246 g/mol. The predicted molar refractivity (Wildman–Crippen MR) is 71.4 cm³/mol. The normalized spacial score (nSPS) is 17.7. The van der Waals surface area contributed by atoms with Crippen LogP contribution >= 0.6 is 0 Å². The van der Waals surface area contributed by atoms with Crippen LogP contribution in [0.5, 0.6) is 0 Å². The van der Waals surface area contributed by atoms with Crippen molar-refractivity contribution in [2.75, 3.05) is 13.2 Å². The lowest BCUT2D eigenvalue weighted by molar-refractivity contribution is 0.0608. The van der Waals surface area contributed by atoms with Gasteiger partial charge in [0.1, 0.15) is 11.8 Å². The largest absolute Gasteiger partial charge is 0.381 e. The lowest BCUT2D eigenvalue weighted by Gasteiger charge is -2.27. The Morgan fingerprint density at radius 2 is 2.00 bits per heavy atom. The van der Waals surface area contributed by atoms with Gasteiger partial charge in [-0.2, -0.15) is 5.26 Å². The standard InChI is InChI=1S/C15H22N2O/c1-15(2,3)14-5-4-13(10-16)17(14)11-12-6-8-18-9-7-12/h4-5,12H,6-9,11H2,1-3H3. The molecule has 0 aromatic carbocycles. The van der Waals surface area contributed by atoms with Crippen molar-refractivity contribution >= 4 is 0 Å². The van der Waals surface area contributed by atoms with Crippen molar-refractivity contribution < 1.29 is 4.74 Å². The molecule has 0 amide bonds. The molecule has 0 unspecified atom stereocenters. The van der Waals surface area contributed by atoms with E-state index in [0.717, 1.165) is 38.3 Å². The zero-order chi connectivity index (χ0) is 13.2. The monoisotopic (exact) mass is 246 g/mol. The molecule has 1 aromatic heterocycles. The predicted octanol–water partition coefficient (Wildman–Crippen LogP) is 3.08. The van der Waals surface area contributed by atoms with Gasteiger partial charge in [0.05, 0.1) is 0 Å².